The van der Waals surface area contributed by atoms with Crippen LogP contribution in [0.1, 0.15) is 46.4 Å². The fourth-order valence-corrected chi connectivity index (χ4v) is 5.76. The van der Waals surface area contributed by atoms with Gasteiger partial charge in [-0.2, -0.15) is 5.10 Å². The number of hydrogen-bond donors (Lipinski definition) is 0. The normalized spacial score (nSPS) is 21.7. The van der Waals surface area contributed by atoms with Gasteiger partial charge in [0, 0.05) is 50.3 Å². The lowest BCUT2D eigenvalue weighted by atomic mass is 9.91. The van der Waals surface area contributed by atoms with Gasteiger partial charge in [0.15, 0.2) is 5.78 Å². The van der Waals surface area contributed by atoms with Crippen LogP contribution in [0.2, 0.25) is 0 Å². The van der Waals surface area contributed by atoms with Crippen LogP contribution in [-0.2, 0) is 6.42 Å². The van der Waals surface area contributed by atoms with E-state index in [0.29, 0.717) is 0 Å². The Morgan fingerprint density at radius 1 is 0.971 bits per heavy atom. The number of hydrogen-bond acceptors (Lipinski definition) is 6. The topological polar surface area (TPSA) is 57.0 Å². The molecule has 7 nitrogen and oxygen atoms in total. The van der Waals surface area contributed by atoms with Gasteiger partial charge in [0.05, 0.1) is 34.9 Å². The molecule has 7 heteroatoms. The molecule has 1 atom stereocenters. The summed E-state index contributed by atoms with van der Waals surface area (Å²) < 4.78 is 1.84. The van der Waals surface area contributed by atoms with Crippen molar-refractivity contribution in [3.63, 3.8) is 0 Å². The van der Waals surface area contributed by atoms with Crippen LogP contribution in [0.5, 0.6) is 0 Å². The van der Waals surface area contributed by atoms with Crippen molar-refractivity contribution in [1.29, 1.82) is 0 Å². The first-order valence-electron chi connectivity index (χ1n) is 12.9. The molecule has 0 spiro atoms. The van der Waals surface area contributed by atoms with E-state index in [1.807, 2.05) is 16.9 Å². The van der Waals surface area contributed by atoms with Crippen LogP contribution in [0.4, 0.5) is 5.69 Å². The lowest BCUT2D eigenvalue weighted by Crippen LogP contribution is -2.44. The van der Waals surface area contributed by atoms with Crippen molar-refractivity contribution in [3.8, 4) is 0 Å². The minimum absolute atomic E-state index is 0.0818. The van der Waals surface area contributed by atoms with E-state index in [4.69, 9.17) is 4.98 Å². The fourth-order valence-electron chi connectivity index (χ4n) is 5.76. The Hall–Kier alpha value is -3.03. The molecular formula is C28H34N6O. The standard InChI is InChI=1S/C28H34N6O/c1-31-9-3-4-20(7-10-31)28(35)25-19-30-34-11-8-21(16-27(25)34)23-5-6-26-24(23)17-22(18-29-26)33-14-12-32(2)13-15-33/h5,8,11,16-20H,3-4,6-7,9-10,12-15H2,1-2H3. The summed E-state index contributed by atoms with van der Waals surface area (Å²) in [6.45, 7) is 6.26. The van der Waals surface area contributed by atoms with Gasteiger partial charge >= 0.3 is 0 Å². The van der Waals surface area contributed by atoms with Crippen LogP contribution in [-0.4, -0.2) is 83.5 Å². The number of carbonyl (C=O) groups is 1. The number of likely N-dealkylation sites (N-methyl/N-ethyl adjacent to an activating group) is 1. The van der Waals surface area contributed by atoms with Gasteiger partial charge in [0.25, 0.3) is 0 Å². The predicted octanol–water partition coefficient (Wildman–Crippen LogP) is 3.38. The minimum atomic E-state index is 0.0818. The highest BCUT2D eigenvalue weighted by atomic mass is 16.1. The van der Waals surface area contributed by atoms with E-state index in [1.165, 1.54) is 16.8 Å². The third-order valence-electron chi connectivity index (χ3n) is 8.03. The fraction of sp³-hybridized carbons (Fsp3) is 0.464. The number of aromatic nitrogens is 3. The van der Waals surface area contributed by atoms with Gasteiger partial charge in [-0.05, 0) is 75.8 Å². The summed E-state index contributed by atoms with van der Waals surface area (Å²) in [5.74, 6) is 0.325. The number of fused-ring (bicyclic) bond motifs is 2. The first-order chi connectivity index (χ1) is 17.1. The number of nitrogens with zero attached hydrogens (tertiary/aromatic N) is 6. The number of Topliss-reactive ketones (excluding diaryl/α,β-unsaturated/α-hetero) is 1. The Bertz CT molecular complexity index is 1290. The highest BCUT2D eigenvalue weighted by molar-refractivity contribution is 6.04. The van der Waals surface area contributed by atoms with E-state index in [-0.39, 0.29) is 11.7 Å². The maximum atomic E-state index is 13.5. The lowest BCUT2D eigenvalue weighted by molar-refractivity contribution is 0.0910. The van der Waals surface area contributed by atoms with E-state index in [1.54, 1.807) is 6.20 Å². The van der Waals surface area contributed by atoms with Crippen LogP contribution in [0, 0.1) is 5.92 Å². The summed E-state index contributed by atoms with van der Waals surface area (Å²) in [6, 6.07) is 6.56. The van der Waals surface area contributed by atoms with Gasteiger partial charge in [-0.15, -0.1) is 0 Å². The molecule has 3 aromatic heterocycles. The van der Waals surface area contributed by atoms with Crippen LogP contribution < -0.4 is 4.90 Å². The largest absolute Gasteiger partial charge is 0.368 e. The summed E-state index contributed by atoms with van der Waals surface area (Å²) in [5.41, 5.74) is 7.54. The number of likely N-dealkylation sites (tertiary alicyclic amines) is 1. The molecule has 1 unspecified atom stereocenters. The molecule has 0 N–H and O–H groups in total. The molecule has 2 saturated heterocycles. The maximum Gasteiger partial charge on any atom is 0.169 e. The molecule has 0 bridgehead atoms. The first kappa shape index (κ1) is 22.4. The highest BCUT2D eigenvalue weighted by Gasteiger charge is 2.26. The molecule has 1 aliphatic carbocycles. The van der Waals surface area contributed by atoms with Gasteiger partial charge in [-0.1, -0.05) is 6.08 Å². The molecule has 2 aliphatic heterocycles. The zero-order valence-corrected chi connectivity index (χ0v) is 20.8. The number of carbonyl (C=O) groups excluding carboxylic acids is 1. The molecule has 5 heterocycles. The van der Waals surface area contributed by atoms with Crippen molar-refractivity contribution in [2.75, 3.05) is 58.3 Å². The Labute approximate surface area is 207 Å². The number of anilines is 1. The smallest absolute Gasteiger partial charge is 0.169 e. The number of ketones is 1. The van der Waals surface area contributed by atoms with E-state index in [0.717, 1.165) is 87.3 Å². The number of allylic oxidation sites excluding steroid dienone is 1. The average Bonchev–Trinajstić information content (AvgIpc) is 3.43. The van der Waals surface area contributed by atoms with Crippen molar-refractivity contribution in [2.24, 2.45) is 5.92 Å². The van der Waals surface area contributed by atoms with Gasteiger partial charge in [0.1, 0.15) is 0 Å². The zero-order chi connectivity index (χ0) is 23.9. The van der Waals surface area contributed by atoms with E-state index in [2.05, 4.69) is 58.2 Å². The Morgan fingerprint density at radius 3 is 2.66 bits per heavy atom. The zero-order valence-electron chi connectivity index (χ0n) is 20.8. The van der Waals surface area contributed by atoms with Gasteiger partial charge in [-0.25, -0.2) is 4.52 Å². The molecule has 182 valence electrons. The van der Waals surface area contributed by atoms with Crippen molar-refractivity contribution in [1.82, 2.24) is 24.4 Å². The minimum Gasteiger partial charge on any atom is -0.368 e. The SMILES string of the molecule is CN1CCCC(C(=O)c2cnn3ccc(C4=CCc5ncc(N6CCN(C)CC6)cc54)cc23)CC1. The van der Waals surface area contributed by atoms with Gasteiger partial charge in [0.2, 0.25) is 0 Å². The molecule has 0 amide bonds. The second-order valence-corrected chi connectivity index (χ2v) is 10.4. The van der Waals surface area contributed by atoms with Gasteiger partial charge in [-0.3, -0.25) is 9.78 Å². The van der Waals surface area contributed by atoms with Crippen molar-refractivity contribution in [3.05, 3.63) is 65.2 Å². The number of pyridine rings is 2. The maximum absolute atomic E-state index is 13.5. The quantitative estimate of drug-likeness (QED) is 0.545. The van der Waals surface area contributed by atoms with Crippen LogP contribution in [0.3, 0.4) is 0 Å². The van der Waals surface area contributed by atoms with Gasteiger partial charge < -0.3 is 14.7 Å². The molecule has 35 heavy (non-hydrogen) atoms. The number of rotatable bonds is 4. The monoisotopic (exact) mass is 470 g/mol. The molecule has 2 fully saturated rings. The van der Waals surface area contributed by atoms with Crippen LogP contribution >= 0.6 is 0 Å². The van der Waals surface area contributed by atoms with Crippen LogP contribution in [0.15, 0.2) is 42.9 Å². The second-order valence-electron chi connectivity index (χ2n) is 10.4. The van der Waals surface area contributed by atoms with Crippen LogP contribution in [0.25, 0.3) is 11.1 Å². The summed E-state index contributed by atoms with van der Waals surface area (Å²) in [5, 5.41) is 4.51. The van der Waals surface area contributed by atoms with Crippen molar-refractivity contribution in [2.45, 2.75) is 25.7 Å². The van der Waals surface area contributed by atoms with E-state index >= 15 is 0 Å². The Morgan fingerprint density at radius 2 is 1.80 bits per heavy atom. The Balaban J connectivity index is 1.30. The summed E-state index contributed by atoms with van der Waals surface area (Å²) in [4.78, 5) is 25.5. The van der Waals surface area contributed by atoms with E-state index < -0.39 is 0 Å². The summed E-state index contributed by atoms with van der Waals surface area (Å²) in [6.07, 6.45) is 11.9. The molecule has 3 aromatic rings. The lowest BCUT2D eigenvalue weighted by Gasteiger charge is -2.34. The van der Waals surface area contributed by atoms with Crippen molar-refractivity contribution < 1.29 is 4.79 Å². The summed E-state index contributed by atoms with van der Waals surface area (Å²) >= 11 is 0. The summed E-state index contributed by atoms with van der Waals surface area (Å²) in [7, 11) is 4.32. The predicted molar refractivity (Wildman–Crippen MR) is 139 cm³/mol. The molecule has 0 aromatic carbocycles. The Kier molecular flexibility index (Phi) is 5.90. The average molecular weight is 471 g/mol. The molecule has 3 aliphatic rings. The number of piperazine rings is 1. The van der Waals surface area contributed by atoms with E-state index in [9.17, 15) is 4.79 Å². The molecular weight excluding hydrogens is 436 g/mol. The third-order valence-corrected chi connectivity index (χ3v) is 8.03. The third kappa shape index (κ3) is 4.28. The highest BCUT2D eigenvalue weighted by Crippen LogP contribution is 2.35. The van der Waals surface area contributed by atoms with Crippen molar-refractivity contribution >= 4 is 22.6 Å². The molecule has 0 radical (unpaired) electrons. The second kappa shape index (κ2) is 9.21. The molecule has 0 saturated carbocycles. The molecule has 6 rings (SSSR count). The first-order valence-corrected chi connectivity index (χ1v) is 12.9.